The third-order valence-electron chi connectivity index (χ3n) is 6.81. The first kappa shape index (κ1) is 42.3. The van der Waals surface area contributed by atoms with Crippen LogP contribution in [0.1, 0.15) is 117 Å². The molecule has 0 fully saturated rings. The van der Waals surface area contributed by atoms with Gasteiger partial charge in [-0.15, -0.1) is 0 Å². The van der Waals surface area contributed by atoms with Gasteiger partial charge in [0.1, 0.15) is 19.3 Å². The summed E-state index contributed by atoms with van der Waals surface area (Å²) in [6, 6.07) is 0. The van der Waals surface area contributed by atoms with Crippen LogP contribution in [0.3, 0.4) is 0 Å². The molecule has 3 atom stereocenters. The number of carbonyl (C=O) groups is 2. The predicted octanol–water partition coefficient (Wildman–Crippen LogP) is 8.02. The molecule has 3 N–H and O–H groups in total. The summed E-state index contributed by atoms with van der Waals surface area (Å²) >= 11 is 0. The Morgan fingerprint density at radius 2 is 1.22 bits per heavy atom. The minimum absolute atomic E-state index is 0.179. The third-order valence-corrected chi connectivity index (χ3v) is 6.81. The lowest BCUT2D eigenvalue weighted by molar-refractivity contribution is -0.152. The summed E-state index contributed by atoms with van der Waals surface area (Å²) in [4.78, 5) is 23.8. The van der Waals surface area contributed by atoms with Crippen molar-refractivity contribution in [2.24, 2.45) is 5.92 Å². The van der Waals surface area contributed by atoms with Crippen LogP contribution in [-0.2, 0) is 19.1 Å². The van der Waals surface area contributed by atoms with Crippen molar-refractivity contribution in [3.63, 3.8) is 0 Å². The molecule has 0 aliphatic carbocycles. The zero-order chi connectivity index (χ0) is 33.4. The number of hydrogen-bond donors (Lipinski definition) is 3. The second kappa shape index (κ2) is 31.3. The zero-order valence-corrected chi connectivity index (χ0v) is 28.2. The molecule has 0 bridgehead atoms. The number of carbonyl (C=O) groups excluding carboxylic acids is 2. The highest BCUT2D eigenvalue weighted by atomic mass is 16.6. The molecule has 0 saturated carbocycles. The molecule has 0 unspecified atom stereocenters. The topological polar surface area (TPSA) is 113 Å². The van der Waals surface area contributed by atoms with Crippen molar-refractivity contribution in [1.29, 1.82) is 0 Å². The van der Waals surface area contributed by atoms with Gasteiger partial charge in [-0.3, -0.25) is 9.59 Å². The van der Waals surface area contributed by atoms with Gasteiger partial charge in [0.2, 0.25) is 0 Å². The van der Waals surface area contributed by atoms with E-state index in [-0.39, 0.29) is 25.6 Å². The maximum Gasteiger partial charge on any atom is 0.305 e. The van der Waals surface area contributed by atoms with Gasteiger partial charge in [-0.25, -0.2) is 0 Å². The number of aliphatic hydroxyl groups is 3. The number of allylic oxidation sites excluding steroid dienone is 8. The number of rotatable bonds is 28. The number of ether oxygens (including phenoxy) is 2. The Morgan fingerprint density at radius 3 is 1.84 bits per heavy atom. The Kier molecular flexibility index (Phi) is 29.3. The van der Waals surface area contributed by atoms with Crippen LogP contribution in [0.15, 0.2) is 72.9 Å². The largest absolute Gasteiger partial charge is 0.463 e. The molecule has 0 aromatic heterocycles. The summed E-state index contributed by atoms with van der Waals surface area (Å²) in [6.07, 6.45) is 33.3. The number of aliphatic hydroxyl groups excluding tert-OH is 3. The normalized spacial score (nSPS) is 14.6. The van der Waals surface area contributed by atoms with Crippen LogP contribution in [0.2, 0.25) is 0 Å². The van der Waals surface area contributed by atoms with E-state index in [4.69, 9.17) is 9.47 Å². The van der Waals surface area contributed by atoms with E-state index in [0.29, 0.717) is 25.7 Å². The molecule has 0 aromatic carbocycles. The highest BCUT2D eigenvalue weighted by Crippen LogP contribution is 2.13. The molecule has 0 aliphatic rings. The van der Waals surface area contributed by atoms with Crippen molar-refractivity contribution in [1.82, 2.24) is 0 Å². The van der Waals surface area contributed by atoms with Crippen LogP contribution >= 0.6 is 0 Å². The molecule has 0 aliphatic heterocycles. The van der Waals surface area contributed by atoms with Crippen molar-refractivity contribution in [3.05, 3.63) is 72.9 Å². The van der Waals surface area contributed by atoms with Gasteiger partial charge in [0.15, 0.2) is 0 Å². The fourth-order valence-electron chi connectivity index (χ4n) is 4.18. The van der Waals surface area contributed by atoms with Crippen LogP contribution in [0.5, 0.6) is 0 Å². The van der Waals surface area contributed by atoms with Crippen molar-refractivity contribution in [2.75, 3.05) is 13.2 Å². The Morgan fingerprint density at radius 1 is 0.644 bits per heavy atom. The predicted molar refractivity (Wildman–Crippen MR) is 185 cm³/mol. The monoisotopic (exact) mass is 630 g/mol. The van der Waals surface area contributed by atoms with Crippen molar-refractivity contribution in [2.45, 2.75) is 135 Å². The SMILES string of the molecule is CC/C=C\C[C@@H](O)/C=C/C=C\C/C=C\C=C\[C@@H](O)/C=C\CCCC(=O)OC[C@H](O)COC(=O)CCCCCCCCCC(C)C. The van der Waals surface area contributed by atoms with Crippen molar-refractivity contribution < 1.29 is 34.4 Å². The molecule has 0 aromatic rings. The molecule has 0 spiro atoms. The summed E-state index contributed by atoms with van der Waals surface area (Å²) in [5.41, 5.74) is 0. The second-order valence-electron chi connectivity index (χ2n) is 11.8. The van der Waals surface area contributed by atoms with Crippen molar-refractivity contribution >= 4 is 11.9 Å². The highest BCUT2D eigenvalue weighted by molar-refractivity contribution is 5.69. The molecule has 0 amide bonds. The summed E-state index contributed by atoms with van der Waals surface area (Å²) in [5, 5.41) is 29.7. The van der Waals surface area contributed by atoms with E-state index in [9.17, 15) is 24.9 Å². The molecule has 0 radical (unpaired) electrons. The Labute approximate surface area is 273 Å². The average molecular weight is 631 g/mol. The molecule has 0 saturated heterocycles. The Bertz CT molecular complexity index is 898. The van der Waals surface area contributed by atoms with E-state index < -0.39 is 24.3 Å². The smallest absolute Gasteiger partial charge is 0.305 e. The average Bonchev–Trinajstić information content (AvgIpc) is 3.00. The fraction of sp³-hybridized carbons (Fsp3) is 0.632. The third kappa shape index (κ3) is 32.5. The molecule has 7 nitrogen and oxygen atoms in total. The molecule has 45 heavy (non-hydrogen) atoms. The maximum atomic E-state index is 11.9. The van der Waals surface area contributed by atoms with Gasteiger partial charge in [0, 0.05) is 12.8 Å². The van der Waals surface area contributed by atoms with E-state index in [1.807, 2.05) is 48.6 Å². The van der Waals surface area contributed by atoms with Crippen LogP contribution < -0.4 is 0 Å². The summed E-state index contributed by atoms with van der Waals surface area (Å²) < 4.78 is 10.2. The summed E-state index contributed by atoms with van der Waals surface area (Å²) in [6.45, 7) is 6.19. The van der Waals surface area contributed by atoms with Gasteiger partial charge in [0.05, 0.1) is 12.2 Å². The fourth-order valence-corrected chi connectivity index (χ4v) is 4.18. The van der Waals surface area contributed by atoms with Gasteiger partial charge >= 0.3 is 11.9 Å². The van der Waals surface area contributed by atoms with Crippen LogP contribution in [0, 0.1) is 5.92 Å². The first-order chi connectivity index (χ1) is 21.7. The van der Waals surface area contributed by atoms with E-state index in [0.717, 1.165) is 38.0 Å². The molecule has 7 heteroatoms. The van der Waals surface area contributed by atoms with E-state index in [1.54, 1.807) is 24.3 Å². The van der Waals surface area contributed by atoms with E-state index >= 15 is 0 Å². The summed E-state index contributed by atoms with van der Waals surface area (Å²) in [5.74, 6) is 0.0216. The second-order valence-corrected chi connectivity index (χ2v) is 11.8. The summed E-state index contributed by atoms with van der Waals surface area (Å²) in [7, 11) is 0. The maximum absolute atomic E-state index is 11.9. The Balaban J connectivity index is 3.81. The highest BCUT2D eigenvalue weighted by Gasteiger charge is 2.12. The molecule has 256 valence electrons. The number of hydrogen-bond acceptors (Lipinski definition) is 7. The molecule has 0 heterocycles. The Hall–Kier alpha value is -2.74. The lowest BCUT2D eigenvalue weighted by atomic mass is 10.0. The van der Waals surface area contributed by atoms with Gasteiger partial charge in [0.25, 0.3) is 0 Å². The molecular formula is C38H62O7. The lowest BCUT2D eigenvalue weighted by Gasteiger charge is -2.12. The first-order valence-corrected chi connectivity index (χ1v) is 17.1. The lowest BCUT2D eigenvalue weighted by Crippen LogP contribution is -2.25. The van der Waals surface area contributed by atoms with E-state index in [2.05, 4.69) is 20.8 Å². The van der Waals surface area contributed by atoms with Crippen LogP contribution in [-0.4, -0.2) is 58.8 Å². The van der Waals surface area contributed by atoms with Crippen LogP contribution in [0.4, 0.5) is 0 Å². The number of unbranched alkanes of at least 4 members (excludes halogenated alkanes) is 7. The van der Waals surface area contributed by atoms with Gasteiger partial charge in [-0.05, 0) is 44.4 Å². The number of esters is 2. The van der Waals surface area contributed by atoms with Gasteiger partial charge in [-0.1, -0.05) is 139 Å². The van der Waals surface area contributed by atoms with E-state index in [1.165, 1.54) is 32.1 Å². The van der Waals surface area contributed by atoms with Gasteiger partial charge in [-0.2, -0.15) is 0 Å². The first-order valence-electron chi connectivity index (χ1n) is 17.1. The van der Waals surface area contributed by atoms with Crippen molar-refractivity contribution in [3.8, 4) is 0 Å². The molecular weight excluding hydrogens is 568 g/mol. The molecule has 0 rings (SSSR count). The van der Waals surface area contributed by atoms with Gasteiger partial charge < -0.3 is 24.8 Å². The minimum atomic E-state index is -1.04. The standard InChI is InChI=1S/C38H62O7/c1-4-5-17-25-34(39)26-19-13-9-7-10-14-20-27-35(40)28-21-16-23-30-38(43)45-32-36(41)31-44-37(42)29-22-15-11-6-8-12-18-24-33(2)3/h5,9-10,13-14,17,19-21,26-28,33-36,39-41H,4,6-8,11-12,15-16,18,22-25,29-32H2,1-3H3/b13-9-,14-10-,17-5-,26-19+,27-20+,28-21-/t34-,35-,36-/m1/s1. The quantitative estimate of drug-likeness (QED) is 0.0347. The zero-order valence-electron chi connectivity index (χ0n) is 28.2. The minimum Gasteiger partial charge on any atom is -0.463 e. The van der Waals surface area contributed by atoms with Crippen LogP contribution in [0.25, 0.3) is 0 Å².